The topological polar surface area (TPSA) is 94.2 Å². The van der Waals surface area contributed by atoms with Crippen LogP contribution in [0.2, 0.25) is 0 Å². The Morgan fingerprint density at radius 1 is 1.67 bits per heavy atom. The molecule has 0 aliphatic carbocycles. The number of aromatic nitrogens is 2. The quantitative estimate of drug-likeness (QED) is 0.438. The predicted molar refractivity (Wildman–Crippen MR) is 40.8 cm³/mol. The molecule has 0 bridgehead atoms. The second kappa shape index (κ2) is 3.72. The summed E-state index contributed by atoms with van der Waals surface area (Å²) in [6.45, 7) is 0.396. The van der Waals surface area contributed by atoms with Crippen molar-refractivity contribution in [3.05, 3.63) is 18.0 Å². The number of rotatable bonds is 3. The Balaban J connectivity index is 2.75. The maximum absolute atomic E-state index is 8.96. The van der Waals surface area contributed by atoms with Gasteiger partial charge in [-0.3, -0.25) is 5.41 Å². The molecule has 1 heterocycles. The van der Waals surface area contributed by atoms with E-state index in [0.29, 0.717) is 17.0 Å². The van der Waals surface area contributed by atoms with E-state index in [-0.39, 0.29) is 12.2 Å². The van der Waals surface area contributed by atoms with E-state index in [4.69, 9.17) is 15.7 Å². The summed E-state index contributed by atoms with van der Waals surface area (Å²) in [6.07, 6.45) is 2.72. The summed E-state index contributed by atoms with van der Waals surface area (Å²) in [5, 5.41) is 27.2. The predicted octanol–water partition coefficient (Wildman–Crippen LogP) is -0.996. The number of nitrogens with one attached hydrogen (secondary N) is 2. The third-order valence-electron chi connectivity index (χ3n) is 1.25. The van der Waals surface area contributed by atoms with Crippen molar-refractivity contribution in [2.75, 3.05) is 18.5 Å². The first-order valence-corrected chi connectivity index (χ1v) is 3.41. The fraction of sp³-hybridized carbons (Fsp3) is 0.333. The molecule has 0 amide bonds. The Bertz CT molecular complexity index is 309. The molecule has 0 saturated heterocycles. The Morgan fingerprint density at radius 2 is 2.42 bits per heavy atom. The summed E-state index contributed by atoms with van der Waals surface area (Å²) in [5.41, 5.74) is 0.326. The van der Waals surface area contributed by atoms with Crippen LogP contribution in [0, 0.1) is 5.41 Å². The zero-order valence-electron chi connectivity index (χ0n) is 6.36. The van der Waals surface area contributed by atoms with Gasteiger partial charge in [-0.2, -0.15) is 4.73 Å². The van der Waals surface area contributed by atoms with Crippen molar-refractivity contribution in [3.63, 3.8) is 0 Å². The molecule has 6 heteroatoms. The van der Waals surface area contributed by atoms with Crippen LogP contribution in [0.4, 0.5) is 5.69 Å². The molecule has 0 atom stereocenters. The number of hydrogen-bond donors (Lipinski definition) is 4. The zero-order chi connectivity index (χ0) is 8.97. The first-order valence-electron chi connectivity index (χ1n) is 3.41. The highest BCUT2D eigenvalue weighted by atomic mass is 16.5. The number of hydrogen-bond acceptors (Lipinski definition) is 5. The second-order valence-electron chi connectivity index (χ2n) is 2.16. The lowest BCUT2D eigenvalue weighted by Crippen LogP contribution is -2.21. The van der Waals surface area contributed by atoms with Gasteiger partial charge in [0.15, 0.2) is 0 Å². The van der Waals surface area contributed by atoms with Gasteiger partial charge in [-0.25, -0.2) is 4.98 Å². The highest BCUT2D eigenvalue weighted by molar-refractivity contribution is 5.36. The van der Waals surface area contributed by atoms with Crippen molar-refractivity contribution in [2.24, 2.45) is 0 Å². The van der Waals surface area contributed by atoms with E-state index in [1.165, 1.54) is 12.4 Å². The monoisotopic (exact) mass is 170 g/mol. The van der Waals surface area contributed by atoms with Crippen molar-refractivity contribution in [2.45, 2.75) is 0 Å². The Kier molecular flexibility index (Phi) is 2.65. The average Bonchev–Trinajstić information content (AvgIpc) is 2.07. The molecule has 0 fully saturated rings. The van der Waals surface area contributed by atoms with E-state index in [2.05, 4.69) is 10.3 Å². The van der Waals surface area contributed by atoms with Gasteiger partial charge in [0.05, 0.1) is 24.7 Å². The summed E-state index contributed by atoms with van der Waals surface area (Å²) in [6, 6.07) is 0. The highest BCUT2D eigenvalue weighted by Gasteiger charge is 1.93. The van der Waals surface area contributed by atoms with Crippen molar-refractivity contribution in [1.82, 2.24) is 9.71 Å². The van der Waals surface area contributed by atoms with Gasteiger partial charge in [0.2, 0.25) is 0 Å². The largest absolute Gasteiger partial charge is 0.425 e. The summed E-state index contributed by atoms with van der Waals surface area (Å²) in [7, 11) is 0. The highest BCUT2D eigenvalue weighted by Crippen LogP contribution is 1.98. The van der Waals surface area contributed by atoms with Crippen LogP contribution < -0.4 is 10.9 Å². The van der Waals surface area contributed by atoms with Gasteiger partial charge in [0, 0.05) is 6.54 Å². The van der Waals surface area contributed by atoms with Crippen molar-refractivity contribution >= 4 is 5.69 Å². The number of anilines is 1. The fourth-order valence-corrected chi connectivity index (χ4v) is 0.708. The van der Waals surface area contributed by atoms with Gasteiger partial charge >= 0.3 is 0 Å². The molecule has 0 radical (unpaired) electrons. The van der Waals surface area contributed by atoms with E-state index >= 15 is 0 Å². The summed E-state index contributed by atoms with van der Waals surface area (Å²) in [5.74, 6) is 0. The van der Waals surface area contributed by atoms with Gasteiger partial charge in [-0.15, -0.1) is 0 Å². The molecule has 0 aromatic carbocycles. The number of nitrogens with zero attached hydrogens (tertiary/aromatic N) is 2. The third kappa shape index (κ3) is 1.96. The molecule has 0 spiro atoms. The molecule has 1 aromatic heterocycles. The SMILES string of the molecule is N=c1ncc(NCCO)cn1O. The summed E-state index contributed by atoms with van der Waals surface area (Å²) in [4.78, 5) is 3.57. The van der Waals surface area contributed by atoms with Gasteiger partial charge in [0.25, 0.3) is 5.62 Å². The molecular weight excluding hydrogens is 160 g/mol. The number of aliphatic hydroxyl groups is 1. The van der Waals surface area contributed by atoms with E-state index in [9.17, 15) is 0 Å². The molecule has 12 heavy (non-hydrogen) atoms. The Morgan fingerprint density at radius 3 is 3.00 bits per heavy atom. The first kappa shape index (κ1) is 8.54. The average molecular weight is 170 g/mol. The molecule has 0 unspecified atom stereocenters. The molecule has 66 valence electrons. The molecule has 0 saturated carbocycles. The van der Waals surface area contributed by atoms with Crippen LogP contribution in [-0.2, 0) is 0 Å². The van der Waals surface area contributed by atoms with Crippen molar-refractivity contribution in [3.8, 4) is 0 Å². The van der Waals surface area contributed by atoms with Crippen LogP contribution in [0.5, 0.6) is 0 Å². The first-order chi connectivity index (χ1) is 5.74. The molecule has 0 aliphatic rings. The smallest absolute Gasteiger partial charge is 0.255 e. The molecule has 4 N–H and O–H groups in total. The molecule has 6 nitrogen and oxygen atoms in total. The van der Waals surface area contributed by atoms with Crippen LogP contribution in [-0.4, -0.2) is 33.2 Å². The summed E-state index contributed by atoms with van der Waals surface area (Å²) >= 11 is 0. The maximum Gasteiger partial charge on any atom is 0.255 e. The van der Waals surface area contributed by atoms with Crippen LogP contribution in [0.3, 0.4) is 0 Å². The Hall–Kier alpha value is -1.56. The minimum atomic E-state index is -0.232. The summed E-state index contributed by atoms with van der Waals surface area (Å²) < 4.78 is 0.597. The molecule has 1 aromatic rings. The minimum absolute atomic E-state index is 0.00799. The van der Waals surface area contributed by atoms with E-state index in [1.54, 1.807) is 0 Å². The normalized spacial score (nSPS) is 9.75. The van der Waals surface area contributed by atoms with Gasteiger partial charge < -0.3 is 15.6 Å². The van der Waals surface area contributed by atoms with Gasteiger partial charge in [0.1, 0.15) is 0 Å². The lowest BCUT2D eigenvalue weighted by molar-refractivity contribution is 0.165. The molecule has 1 rings (SSSR count). The van der Waals surface area contributed by atoms with Crippen molar-refractivity contribution < 1.29 is 10.3 Å². The Labute approximate surface area is 68.6 Å². The van der Waals surface area contributed by atoms with Crippen molar-refractivity contribution in [1.29, 1.82) is 5.41 Å². The van der Waals surface area contributed by atoms with E-state index in [1.807, 2.05) is 0 Å². The second-order valence-corrected chi connectivity index (χ2v) is 2.16. The van der Waals surface area contributed by atoms with E-state index in [0.717, 1.165) is 0 Å². The van der Waals surface area contributed by atoms with Crippen LogP contribution in [0.15, 0.2) is 12.4 Å². The lowest BCUT2D eigenvalue weighted by Gasteiger charge is -2.03. The van der Waals surface area contributed by atoms with Gasteiger partial charge in [-0.05, 0) is 0 Å². The van der Waals surface area contributed by atoms with Crippen LogP contribution in [0.1, 0.15) is 0 Å². The van der Waals surface area contributed by atoms with Gasteiger partial charge in [-0.1, -0.05) is 0 Å². The minimum Gasteiger partial charge on any atom is -0.425 e. The standard InChI is InChI=1S/C6H10N4O2/c7-6-9-3-5(4-10(6)12)8-1-2-11/h3-4,7-8,11-12H,1-2H2. The zero-order valence-corrected chi connectivity index (χ0v) is 6.36. The molecule has 0 aliphatic heterocycles. The fourth-order valence-electron chi connectivity index (χ4n) is 0.708. The maximum atomic E-state index is 8.96. The third-order valence-corrected chi connectivity index (χ3v) is 1.25. The van der Waals surface area contributed by atoms with Crippen LogP contribution >= 0.6 is 0 Å². The van der Waals surface area contributed by atoms with E-state index < -0.39 is 0 Å². The van der Waals surface area contributed by atoms with Crippen LogP contribution in [0.25, 0.3) is 0 Å². The number of aliphatic hydroxyl groups excluding tert-OH is 1. The lowest BCUT2D eigenvalue weighted by atomic mass is 10.5. The molecular formula is C6H10N4O2.